The Morgan fingerprint density at radius 2 is 1.64 bits per heavy atom. The van der Waals surface area contributed by atoms with Crippen LogP contribution in [0.3, 0.4) is 0 Å². The summed E-state index contributed by atoms with van der Waals surface area (Å²) in [5.41, 5.74) is 8.81. The van der Waals surface area contributed by atoms with Gasteiger partial charge in [0.25, 0.3) is 0 Å². The molecule has 0 spiro atoms. The molecule has 3 aromatic rings. The van der Waals surface area contributed by atoms with Gasteiger partial charge in [-0.05, 0) is 23.3 Å². The van der Waals surface area contributed by atoms with E-state index in [9.17, 15) is 4.39 Å². The number of nitrogens with two attached hydrogens (primary N) is 1. The van der Waals surface area contributed by atoms with Crippen molar-refractivity contribution in [2.75, 3.05) is 7.11 Å². The van der Waals surface area contributed by atoms with Gasteiger partial charge in [0.05, 0.1) is 7.11 Å². The molecule has 2 N–H and O–H groups in total. The lowest BCUT2D eigenvalue weighted by atomic mass is 10.0. The molecule has 3 rings (SSSR count). The van der Waals surface area contributed by atoms with Crippen molar-refractivity contribution in [3.63, 3.8) is 0 Å². The van der Waals surface area contributed by atoms with Crippen LogP contribution in [-0.2, 0) is 13.2 Å². The van der Waals surface area contributed by atoms with Crippen molar-refractivity contribution < 1.29 is 13.9 Å². The predicted molar refractivity (Wildman–Crippen MR) is 97.1 cm³/mol. The van der Waals surface area contributed by atoms with Crippen LogP contribution in [0.1, 0.15) is 11.1 Å². The first-order valence-electron chi connectivity index (χ1n) is 8.05. The van der Waals surface area contributed by atoms with Crippen LogP contribution in [0, 0.1) is 5.82 Å². The molecule has 25 heavy (non-hydrogen) atoms. The number of rotatable bonds is 6. The number of benzene rings is 3. The Morgan fingerprint density at radius 3 is 2.36 bits per heavy atom. The van der Waals surface area contributed by atoms with E-state index < -0.39 is 5.82 Å². The smallest absolute Gasteiger partial charge is 0.172 e. The van der Waals surface area contributed by atoms with Gasteiger partial charge in [0.1, 0.15) is 12.4 Å². The summed E-state index contributed by atoms with van der Waals surface area (Å²) in [6, 6.07) is 20.5. The molecule has 0 fully saturated rings. The molecule has 0 saturated carbocycles. The van der Waals surface area contributed by atoms with Crippen LogP contribution in [0.5, 0.6) is 11.5 Å². The molecule has 0 atom stereocenters. The fourth-order valence-corrected chi connectivity index (χ4v) is 2.65. The van der Waals surface area contributed by atoms with E-state index in [1.165, 1.54) is 7.11 Å². The normalized spacial score (nSPS) is 10.5. The molecule has 0 aliphatic heterocycles. The lowest BCUT2D eigenvalue weighted by Crippen LogP contribution is -2.01. The van der Waals surface area contributed by atoms with Gasteiger partial charge in [0.2, 0.25) is 0 Å². The Bertz CT molecular complexity index is 850. The van der Waals surface area contributed by atoms with E-state index >= 15 is 0 Å². The van der Waals surface area contributed by atoms with Crippen LogP contribution < -0.4 is 15.2 Å². The largest absolute Gasteiger partial charge is 0.494 e. The summed E-state index contributed by atoms with van der Waals surface area (Å²) < 4.78 is 25.7. The van der Waals surface area contributed by atoms with Crippen LogP contribution in [0.4, 0.5) is 4.39 Å². The fourth-order valence-electron chi connectivity index (χ4n) is 2.65. The van der Waals surface area contributed by atoms with E-state index in [-0.39, 0.29) is 5.75 Å². The van der Waals surface area contributed by atoms with Crippen LogP contribution >= 0.6 is 0 Å². The second-order valence-corrected chi connectivity index (χ2v) is 5.63. The lowest BCUT2D eigenvalue weighted by Gasteiger charge is -2.15. The van der Waals surface area contributed by atoms with Crippen LogP contribution in [0.25, 0.3) is 11.1 Å². The summed E-state index contributed by atoms with van der Waals surface area (Å²) in [7, 11) is 1.45. The predicted octanol–water partition coefficient (Wildman–Crippen LogP) is 4.54. The van der Waals surface area contributed by atoms with Gasteiger partial charge in [-0.25, -0.2) is 4.39 Å². The molecule has 0 heterocycles. The highest BCUT2D eigenvalue weighted by Crippen LogP contribution is 2.36. The standard InChI is InChI=1S/C21H20FNO2/c1-24-19-9-5-8-18(21(19)22)17-11-10-16(13-23)12-20(17)25-14-15-6-3-2-4-7-15/h2-12H,13-14,23H2,1H3. The minimum Gasteiger partial charge on any atom is -0.494 e. The van der Waals surface area contributed by atoms with Crippen molar-refractivity contribution in [3.05, 3.63) is 83.7 Å². The van der Waals surface area contributed by atoms with Crippen molar-refractivity contribution in [1.82, 2.24) is 0 Å². The fraction of sp³-hybridized carbons (Fsp3) is 0.143. The molecule has 0 aromatic heterocycles. The zero-order valence-electron chi connectivity index (χ0n) is 14.0. The number of ether oxygens (including phenoxy) is 2. The highest BCUT2D eigenvalue weighted by atomic mass is 19.1. The average Bonchev–Trinajstić information content (AvgIpc) is 2.67. The molecule has 0 saturated heterocycles. The zero-order chi connectivity index (χ0) is 17.6. The monoisotopic (exact) mass is 337 g/mol. The Balaban J connectivity index is 1.99. The lowest BCUT2D eigenvalue weighted by molar-refractivity contribution is 0.307. The van der Waals surface area contributed by atoms with Gasteiger partial charge in [-0.15, -0.1) is 0 Å². The van der Waals surface area contributed by atoms with E-state index in [2.05, 4.69) is 0 Å². The molecule has 0 aliphatic carbocycles. The molecule has 0 bridgehead atoms. The quantitative estimate of drug-likeness (QED) is 0.718. The summed E-state index contributed by atoms with van der Waals surface area (Å²) in [5.74, 6) is 0.392. The number of hydrogen-bond acceptors (Lipinski definition) is 3. The van der Waals surface area contributed by atoms with Crippen molar-refractivity contribution in [1.29, 1.82) is 0 Å². The van der Waals surface area contributed by atoms with Gasteiger partial charge in [0.15, 0.2) is 11.6 Å². The molecule has 4 heteroatoms. The van der Waals surface area contributed by atoms with E-state index in [1.807, 2.05) is 48.5 Å². The minimum absolute atomic E-state index is 0.203. The van der Waals surface area contributed by atoms with E-state index in [0.717, 1.165) is 11.1 Å². The maximum atomic E-state index is 14.7. The van der Waals surface area contributed by atoms with Crippen LogP contribution in [-0.4, -0.2) is 7.11 Å². The van der Waals surface area contributed by atoms with E-state index in [0.29, 0.717) is 30.0 Å². The Kier molecular flexibility index (Phi) is 5.31. The van der Waals surface area contributed by atoms with Crippen molar-refractivity contribution in [3.8, 4) is 22.6 Å². The SMILES string of the molecule is COc1cccc(-c2ccc(CN)cc2OCc2ccccc2)c1F. The summed E-state index contributed by atoms with van der Waals surface area (Å²) in [6.07, 6.45) is 0. The van der Waals surface area contributed by atoms with Gasteiger partial charge in [-0.2, -0.15) is 0 Å². The highest BCUT2D eigenvalue weighted by molar-refractivity contribution is 5.72. The molecule has 0 unspecified atom stereocenters. The van der Waals surface area contributed by atoms with Crippen LogP contribution in [0.2, 0.25) is 0 Å². The molecule has 128 valence electrons. The maximum Gasteiger partial charge on any atom is 0.172 e. The van der Waals surface area contributed by atoms with Gasteiger partial charge >= 0.3 is 0 Å². The van der Waals surface area contributed by atoms with Crippen molar-refractivity contribution in [2.45, 2.75) is 13.2 Å². The van der Waals surface area contributed by atoms with E-state index in [1.54, 1.807) is 18.2 Å². The van der Waals surface area contributed by atoms with Gasteiger partial charge in [-0.1, -0.05) is 54.6 Å². The molecule has 3 nitrogen and oxygen atoms in total. The Labute approximate surface area is 146 Å². The molecule has 0 radical (unpaired) electrons. The zero-order valence-corrected chi connectivity index (χ0v) is 14.0. The van der Waals surface area contributed by atoms with Gasteiger partial charge in [-0.3, -0.25) is 0 Å². The summed E-state index contributed by atoms with van der Waals surface area (Å²) in [5, 5.41) is 0. The van der Waals surface area contributed by atoms with Crippen molar-refractivity contribution >= 4 is 0 Å². The highest BCUT2D eigenvalue weighted by Gasteiger charge is 2.15. The summed E-state index contributed by atoms with van der Waals surface area (Å²) in [6.45, 7) is 0.788. The summed E-state index contributed by atoms with van der Waals surface area (Å²) >= 11 is 0. The number of halogens is 1. The maximum absolute atomic E-state index is 14.7. The third-order valence-corrected chi connectivity index (χ3v) is 3.99. The first-order chi connectivity index (χ1) is 12.2. The number of hydrogen-bond donors (Lipinski definition) is 1. The second-order valence-electron chi connectivity index (χ2n) is 5.63. The summed E-state index contributed by atoms with van der Waals surface area (Å²) in [4.78, 5) is 0. The Morgan fingerprint density at radius 1 is 0.840 bits per heavy atom. The topological polar surface area (TPSA) is 44.5 Å². The molecule has 0 aliphatic rings. The first kappa shape index (κ1) is 17.0. The minimum atomic E-state index is -0.407. The van der Waals surface area contributed by atoms with E-state index in [4.69, 9.17) is 15.2 Å². The average molecular weight is 337 g/mol. The third-order valence-electron chi connectivity index (χ3n) is 3.99. The third kappa shape index (κ3) is 3.80. The second kappa shape index (κ2) is 7.81. The van der Waals surface area contributed by atoms with Gasteiger partial charge in [0, 0.05) is 17.7 Å². The molecule has 3 aromatic carbocycles. The molecular weight excluding hydrogens is 317 g/mol. The van der Waals surface area contributed by atoms with Gasteiger partial charge < -0.3 is 15.2 Å². The van der Waals surface area contributed by atoms with Crippen molar-refractivity contribution in [2.24, 2.45) is 5.73 Å². The molecule has 0 amide bonds. The Hall–Kier alpha value is -2.85. The first-order valence-corrected chi connectivity index (χ1v) is 8.05. The number of methoxy groups -OCH3 is 1. The van der Waals surface area contributed by atoms with Crippen LogP contribution in [0.15, 0.2) is 66.7 Å². The molecular formula is C21H20FNO2.